The first-order valence-corrected chi connectivity index (χ1v) is 6.53. The molecule has 2 unspecified atom stereocenters. The Kier molecular flexibility index (Phi) is 6.69. The summed E-state index contributed by atoms with van der Waals surface area (Å²) in [5, 5.41) is 21.1. The lowest BCUT2D eigenvalue weighted by molar-refractivity contribution is -0.142. The van der Waals surface area contributed by atoms with Crippen molar-refractivity contribution in [2.75, 3.05) is 6.54 Å². The number of carboxylic acids is 2. The minimum atomic E-state index is -1.10. The van der Waals surface area contributed by atoms with Gasteiger partial charge in [-0.05, 0) is 24.9 Å². The average molecular weight is 280 g/mol. The average Bonchev–Trinajstić information content (AvgIpc) is 2.43. The second-order valence-electron chi connectivity index (χ2n) is 4.52. The lowest BCUT2D eigenvalue weighted by atomic mass is 10.0. The molecule has 1 rings (SSSR count). The van der Waals surface area contributed by atoms with E-state index < -0.39 is 24.0 Å². The summed E-state index contributed by atoms with van der Waals surface area (Å²) in [5.74, 6) is -2.15. The van der Waals surface area contributed by atoms with E-state index >= 15 is 0 Å². The molecule has 0 saturated heterocycles. The van der Waals surface area contributed by atoms with Crippen molar-refractivity contribution in [2.45, 2.75) is 31.3 Å². The molecule has 0 spiro atoms. The largest absolute Gasteiger partial charge is 0.480 e. The topological polar surface area (TPSA) is 113 Å². The number of carboxylic acid groups (broad SMARTS) is 2. The van der Waals surface area contributed by atoms with E-state index in [0.717, 1.165) is 0 Å². The lowest BCUT2D eigenvalue weighted by Gasteiger charge is -2.20. The Morgan fingerprint density at radius 1 is 1.10 bits per heavy atom. The van der Waals surface area contributed by atoms with E-state index in [1.807, 2.05) is 0 Å². The van der Waals surface area contributed by atoms with Gasteiger partial charge in [0.25, 0.3) is 0 Å². The van der Waals surface area contributed by atoms with Crippen LogP contribution in [0.3, 0.4) is 0 Å². The fourth-order valence-electron chi connectivity index (χ4n) is 1.93. The van der Waals surface area contributed by atoms with Crippen LogP contribution in [-0.4, -0.2) is 34.7 Å². The highest BCUT2D eigenvalue weighted by Crippen LogP contribution is 2.15. The summed E-state index contributed by atoms with van der Waals surface area (Å²) >= 11 is 0. The van der Waals surface area contributed by atoms with Crippen LogP contribution in [0.15, 0.2) is 30.3 Å². The molecule has 0 aliphatic rings. The SMILES string of the molecule is NCCCCC(NC(C(=O)O)c1ccccc1)C(=O)O. The Hall–Kier alpha value is -1.92. The van der Waals surface area contributed by atoms with Gasteiger partial charge in [-0.15, -0.1) is 0 Å². The summed E-state index contributed by atoms with van der Waals surface area (Å²) in [6, 6.07) is 6.60. The van der Waals surface area contributed by atoms with E-state index in [1.165, 1.54) is 0 Å². The summed E-state index contributed by atoms with van der Waals surface area (Å²) in [6.07, 6.45) is 1.71. The minimum absolute atomic E-state index is 0.350. The Morgan fingerprint density at radius 3 is 2.25 bits per heavy atom. The molecular weight excluding hydrogens is 260 g/mol. The summed E-state index contributed by atoms with van der Waals surface area (Å²) in [6.45, 7) is 0.493. The standard InChI is InChI=1S/C14H20N2O4/c15-9-5-4-8-11(13(17)18)16-12(14(19)20)10-6-2-1-3-7-10/h1-3,6-7,11-12,16H,4-5,8-9,15H2,(H,17,18)(H,19,20). The molecule has 110 valence electrons. The third kappa shape index (κ3) is 4.99. The van der Waals surface area contributed by atoms with Crippen molar-refractivity contribution in [3.05, 3.63) is 35.9 Å². The monoisotopic (exact) mass is 280 g/mol. The van der Waals surface area contributed by atoms with Crippen LogP contribution in [0.2, 0.25) is 0 Å². The number of nitrogens with one attached hydrogen (secondary N) is 1. The number of nitrogens with two attached hydrogens (primary N) is 1. The van der Waals surface area contributed by atoms with Crippen LogP contribution in [0.5, 0.6) is 0 Å². The fraction of sp³-hybridized carbons (Fsp3) is 0.429. The molecule has 0 bridgehead atoms. The molecular formula is C14H20N2O4. The van der Waals surface area contributed by atoms with Gasteiger partial charge < -0.3 is 15.9 Å². The molecule has 0 saturated carbocycles. The van der Waals surface area contributed by atoms with Gasteiger partial charge in [-0.25, -0.2) is 0 Å². The van der Waals surface area contributed by atoms with Gasteiger partial charge in [0.15, 0.2) is 0 Å². The van der Waals surface area contributed by atoms with Crippen LogP contribution >= 0.6 is 0 Å². The van der Waals surface area contributed by atoms with Crippen LogP contribution in [-0.2, 0) is 9.59 Å². The fourth-order valence-corrected chi connectivity index (χ4v) is 1.93. The third-order valence-corrected chi connectivity index (χ3v) is 2.99. The van der Waals surface area contributed by atoms with Gasteiger partial charge in [-0.1, -0.05) is 36.8 Å². The normalized spacial score (nSPS) is 13.7. The lowest BCUT2D eigenvalue weighted by Crippen LogP contribution is -2.42. The van der Waals surface area contributed by atoms with Crippen molar-refractivity contribution in [1.82, 2.24) is 5.32 Å². The highest BCUT2D eigenvalue weighted by atomic mass is 16.4. The number of unbranched alkanes of at least 4 members (excludes halogenated alkanes) is 1. The van der Waals surface area contributed by atoms with E-state index in [-0.39, 0.29) is 0 Å². The van der Waals surface area contributed by atoms with Crippen molar-refractivity contribution < 1.29 is 19.8 Å². The van der Waals surface area contributed by atoms with Crippen molar-refractivity contribution in [3.8, 4) is 0 Å². The van der Waals surface area contributed by atoms with Gasteiger partial charge in [0.2, 0.25) is 0 Å². The Bertz CT molecular complexity index is 436. The molecule has 0 aliphatic carbocycles. The number of rotatable bonds is 9. The van der Waals surface area contributed by atoms with Gasteiger partial charge >= 0.3 is 11.9 Å². The molecule has 20 heavy (non-hydrogen) atoms. The van der Waals surface area contributed by atoms with Crippen LogP contribution < -0.4 is 11.1 Å². The predicted octanol–water partition coefficient (Wildman–Crippen LogP) is 0.984. The molecule has 5 N–H and O–H groups in total. The van der Waals surface area contributed by atoms with Gasteiger partial charge in [-0.2, -0.15) is 0 Å². The molecule has 0 fully saturated rings. The summed E-state index contributed by atoms with van der Waals surface area (Å²) in [7, 11) is 0. The molecule has 0 aromatic heterocycles. The molecule has 6 heteroatoms. The minimum Gasteiger partial charge on any atom is -0.480 e. The first kappa shape index (κ1) is 16.1. The predicted molar refractivity (Wildman–Crippen MR) is 74.3 cm³/mol. The molecule has 6 nitrogen and oxygen atoms in total. The zero-order valence-electron chi connectivity index (χ0n) is 11.2. The van der Waals surface area contributed by atoms with Crippen molar-refractivity contribution in [3.63, 3.8) is 0 Å². The number of hydrogen-bond donors (Lipinski definition) is 4. The molecule has 0 amide bonds. The Balaban J connectivity index is 2.76. The summed E-state index contributed by atoms with van der Waals surface area (Å²) in [4.78, 5) is 22.5. The second-order valence-corrected chi connectivity index (χ2v) is 4.52. The van der Waals surface area contributed by atoms with Gasteiger partial charge in [-0.3, -0.25) is 14.9 Å². The highest BCUT2D eigenvalue weighted by molar-refractivity contribution is 5.78. The maximum Gasteiger partial charge on any atom is 0.325 e. The second kappa shape index (κ2) is 8.29. The molecule has 0 heterocycles. The van der Waals surface area contributed by atoms with Crippen LogP contribution in [0.25, 0.3) is 0 Å². The Morgan fingerprint density at radius 2 is 1.75 bits per heavy atom. The molecule has 1 aromatic rings. The third-order valence-electron chi connectivity index (χ3n) is 2.99. The maximum atomic E-state index is 11.3. The summed E-state index contributed by atoms with van der Waals surface area (Å²) in [5.41, 5.74) is 5.90. The van der Waals surface area contributed by atoms with Crippen molar-refractivity contribution in [1.29, 1.82) is 0 Å². The number of hydrogen-bond acceptors (Lipinski definition) is 4. The quantitative estimate of drug-likeness (QED) is 0.502. The van der Waals surface area contributed by atoms with Gasteiger partial charge in [0.1, 0.15) is 12.1 Å². The first-order valence-electron chi connectivity index (χ1n) is 6.53. The first-order chi connectivity index (χ1) is 9.56. The van der Waals surface area contributed by atoms with E-state index in [0.29, 0.717) is 31.4 Å². The number of benzene rings is 1. The smallest absolute Gasteiger partial charge is 0.325 e. The van der Waals surface area contributed by atoms with Crippen LogP contribution in [0.1, 0.15) is 30.9 Å². The maximum absolute atomic E-state index is 11.3. The molecule has 1 aromatic carbocycles. The number of carbonyl (C=O) groups is 2. The molecule has 0 aliphatic heterocycles. The van der Waals surface area contributed by atoms with E-state index in [1.54, 1.807) is 30.3 Å². The zero-order chi connectivity index (χ0) is 15.0. The van der Waals surface area contributed by atoms with Crippen LogP contribution in [0, 0.1) is 0 Å². The number of aliphatic carboxylic acids is 2. The zero-order valence-corrected chi connectivity index (χ0v) is 11.2. The van der Waals surface area contributed by atoms with E-state index in [4.69, 9.17) is 10.8 Å². The van der Waals surface area contributed by atoms with Crippen molar-refractivity contribution in [2.24, 2.45) is 5.73 Å². The van der Waals surface area contributed by atoms with Gasteiger partial charge in [0, 0.05) is 0 Å². The highest BCUT2D eigenvalue weighted by Gasteiger charge is 2.26. The molecule has 2 atom stereocenters. The van der Waals surface area contributed by atoms with E-state index in [9.17, 15) is 14.7 Å². The molecule has 0 radical (unpaired) electrons. The summed E-state index contributed by atoms with van der Waals surface area (Å²) < 4.78 is 0. The van der Waals surface area contributed by atoms with Crippen LogP contribution in [0.4, 0.5) is 0 Å². The van der Waals surface area contributed by atoms with Crippen molar-refractivity contribution >= 4 is 11.9 Å². The van der Waals surface area contributed by atoms with Gasteiger partial charge in [0.05, 0.1) is 0 Å². The van der Waals surface area contributed by atoms with E-state index in [2.05, 4.69) is 5.32 Å². The Labute approximate surface area is 117 Å².